The lowest BCUT2D eigenvalue weighted by Crippen LogP contribution is -2.00. The molecule has 0 aliphatic rings. The maximum atomic E-state index is 11.0. The largest absolute Gasteiger partial charge is 0.505 e. The van der Waals surface area contributed by atoms with Crippen LogP contribution < -0.4 is 5.32 Å². The van der Waals surface area contributed by atoms with Crippen LogP contribution in [-0.4, -0.2) is 26.2 Å². The van der Waals surface area contributed by atoms with Crippen molar-refractivity contribution in [2.45, 2.75) is 13.3 Å². The Kier molecular flexibility index (Phi) is 5.54. The number of aromatic amines is 1. The number of carbonyl (C=O) groups is 1. The van der Waals surface area contributed by atoms with E-state index in [1.807, 2.05) is 13.0 Å². The zero-order chi connectivity index (χ0) is 17.9. The molecule has 0 saturated heterocycles. The summed E-state index contributed by atoms with van der Waals surface area (Å²) < 4.78 is 0. The molecule has 6 nitrogen and oxygen atoms in total. The molecule has 126 valence electrons. The molecule has 8 heteroatoms. The zero-order valence-electron chi connectivity index (χ0n) is 12.7. The van der Waals surface area contributed by atoms with Gasteiger partial charge >= 0.3 is 5.97 Å². The summed E-state index contributed by atoms with van der Waals surface area (Å²) in [5, 5.41) is 22.4. The van der Waals surface area contributed by atoms with Gasteiger partial charge in [0.15, 0.2) is 5.75 Å². The van der Waals surface area contributed by atoms with E-state index in [0.717, 1.165) is 6.42 Å². The average molecular weight is 368 g/mol. The first kappa shape index (κ1) is 17.9. The SMILES string of the molecule is C=C(Nc1nc2c(O)c(C(=O)O)ccc2[nH]1)/C(Cl)=C(Cl)\C=C/CC. The third kappa shape index (κ3) is 3.72. The number of nitrogens with zero attached hydrogens (tertiary/aromatic N) is 1. The molecule has 24 heavy (non-hydrogen) atoms. The van der Waals surface area contributed by atoms with Crippen molar-refractivity contribution in [1.29, 1.82) is 0 Å². The van der Waals surface area contributed by atoms with E-state index in [9.17, 15) is 9.90 Å². The second-order valence-corrected chi connectivity index (χ2v) is 5.61. The van der Waals surface area contributed by atoms with Crippen molar-refractivity contribution in [1.82, 2.24) is 9.97 Å². The molecule has 0 unspecified atom stereocenters. The van der Waals surface area contributed by atoms with Gasteiger partial charge in [0, 0.05) is 0 Å². The topological polar surface area (TPSA) is 98.2 Å². The van der Waals surface area contributed by atoms with Crippen molar-refractivity contribution in [3.05, 3.63) is 52.2 Å². The lowest BCUT2D eigenvalue weighted by atomic mass is 10.2. The third-order valence-corrected chi connectivity index (χ3v) is 3.95. The second-order valence-electron chi connectivity index (χ2n) is 4.82. The summed E-state index contributed by atoms with van der Waals surface area (Å²) >= 11 is 12.2. The number of carboxylic acids is 1. The molecular formula is C16H15Cl2N3O3. The third-order valence-electron chi connectivity index (χ3n) is 3.10. The number of aromatic hydroxyl groups is 1. The molecule has 1 heterocycles. The number of fused-ring (bicyclic) bond motifs is 1. The van der Waals surface area contributed by atoms with Crippen LogP contribution in [0.15, 0.2) is 46.6 Å². The molecule has 0 aliphatic carbocycles. The molecule has 0 amide bonds. The molecule has 2 rings (SSSR count). The molecule has 0 atom stereocenters. The summed E-state index contributed by atoms with van der Waals surface area (Å²) in [6.07, 6.45) is 4.33. The van der Waals surface area contributed by atoms with Gasteiger partial charge in [-0.3, -0.25) is 0 Å². The van der Waals surface area contributed by atoms with E-state index < -0.39 is 11.7 Å². The second kappa shape index (κ2) is 7.42. The summed E-state index contributed by atoms with van der Waals surface area (Å²) in [6, 6.07) is 2.80. The average Bonchev–Trinajstić information content (AvgIpc) is 2.95. The fraction of sp³-hybridized carbons (Fsp3) is 0.125. The lowest BCUT2D eigenvalue weighted by Gasteiger charge is -2.06. The molecule has 1 aromatic heterocycles. The van der Waals surface area contributed by atoms with E-state index in [-0.39, 0.29) is 22.1 Å². The normalized spacial score (nSPS) is 12.5. The van der Waals surface area contributed by atoms with Gasteiger partial charge in [-0.05, 0) is 24.6 Å². The van der Waals surface area contributed by atoms with Crippen LogP contribution in [-0.2, 0) is 0 Å². The van der Waals surface area contributed by atoms with Gasteiger partial charge in [0.25, 0.3) is 0 Å². The molecule has 0 radical (unpaired) electrons. The highest BCUT2D eigenvalue weighted by atomic mass is 35.5. The number of allylic oxidation sites excluding steroid dienone is 4. The van der Waals surface area contributed by atoms with Gasteiger partial charge in [-0.15, -0.1) is 0 Å². The first-order valence-electron chi connectivity index (χ1n) is 6.98. The van der Waals surface area contributed by atoms with Crippen molar-refractivity contribution in [2.75, 3.05) is 5.32 Å². The number of hydrogen-bond donors (Lipinski definition) is 4. The quantitative estimate of drug-likeness (QED) is 0.561. The summed E-state index contributed by atoms with van der Waals surface area (Å²) in [7, 11) is 0. The smallest absolute Gasteiger partial charge is 0.339 e. The first-order chi connectivity index (χ1) is 11.3. The minimum Gasteiger partial charge on any atom is -0.505 e. The summed E-state index contributed by atoms with van der Waals surface area (Å²) in [5.41, 5.74) is 0.664. The first-order valence-corrected chi connectivity index (χ1v) is 7.73. The van der Waals surface area contributed by atoms with Crippen LogP contribution in [0.5, 0.6) is 5.75 Å². The Bertz CT molecular complexity index is 869. The Morgan fingerprint density at radius 1 is 1.46 bits per heavy atom. The Morgan fingerprint density at radius 2 is 2.17 bits per heavy atom. The van der Waals surface area contributed by atoms with Crippen LogP contribution in [0.1, 0.15) is 23.7 Å². The highest BCUT2D eigenvalue weighted by molar-refractivity contribution is 6.41. The van der Waals surface area contributed by atoms with Gasteiger partial charge < -0.3 is 20.5 Å². The van der Waals surface area contributed by atoms with Crippen LogP contribution >= 0.6 is 23.2 Å². The van der Waals surface area contributed by atoms with E-state index in [1.54, 1.807) is 6.08 Å². The number of rotatable bonds is 6. The van der Waals surface area contributed by atoms with Gasteiger partial charge in [0.05, 0.1) is 21.3 Å². The zero-order valence-corrected chi connectivity index (χ0v) is 14.2. The fourth-order valence-corrected chi connectivity index (χ4v) is 2.24. The molecule has 2 aromatic rings. The molecule has 0 aliphatic heterocycles. The number of imidazole rings is 1. The van der Waals surface area contributed by atoms with Crippen LogP contribution in [0.25, 0.3) is 11.0 Å². The highest BCUT2D eigenvalue weighted by Gasteiger charge is 2.16. The number of aromatic carboxylic acids is 1. The van der Waals surface area contributed by atoms with Gasteiger partial charge in [-0.25, -0.2) is 9.78 Å². The van der Waals surface area contributed by atoms with Crippen molar-refractivity contribution in [2.24, 2.45) is 0 Å². The molecule has 0 spiro atoms. The molecular weight excluding hydrogens is 353 g/mol. The fourth-order valence-electron chi connectivity index (χ4n) is 1.93. The molecule has 4 N–H and O–H groups in total. The minimum atomic E-state index is -1.24. The number of hydrogen-bond acceptors (Lipinski definition) is 4. The van der Waals surface area contributed by atoms with E-state index in [4.69, 9.17) is 28.3 Å². The van der Waals surface area contributed by atoms with Crippen LogP contribution in [0.3, 0.4) is 0 Å². The van der Waals surface area contributed by atoms with Gasteiger partial charge in [0.1, 0.15) is 11.1 Å². The van der Waals surface area contributed by atoms with Crippen molar-refractivity contribution in [3.8, 4) is 5.75 Å². The number of carboxylic acid groups (broad SMARTS) is 1. The highest BCUT2D eigenvalue weighted by Crippen LogP contribution is 2.29. The maximum Gasteiger partial charge on any atom is 0.339 e. The van der Waals surface area contributed by atoms with Gasteiger partial charge in [-0.1, -0.05) is 42.8 Å². The van der Waals surface area contributed by atoms with Gasteiger partial charge in [0.2, 0.25) is 5.95 Å². The lowest BCUT2D eigenvalue weighted by molar-refractivity contribution is 0.0694. The number of anilines is 1. The maximum absolute atomic E-state index is 11.0. The number of H-pyrrole nitrogens is 1. The Hall–Kier alpha value is -2.44. The molecule has 0 saturated carbocycles. The Morgan fingerprint density at radius 3 is 2.79 bits per heavy atom. The molecule has 1 aromatic carbocycles. The van der Waals surface area contributed by atoms with Crippen molar-refractivity contribution >= 4 is 46.2 Å². The number of phenols is 1. The Balaban J connectivity index is 2.31. The standard InChI is InChI=1S/C16H15Cl2N3O3/c1-3-4-5-10(17)12(18)8(2)19-16-20-11-7-6-9(15(23)24)14(22)13(11)21-16/h4-7,22H,2-3H2,1H3,(H,23,24)(H2,19,20,21)/b5-4-,12-10-. The number of nitrogens with one attached hydrogen (secondary N) is 2. The summed E-state index contributed by atoms with van der Waals surface area (Å²) in [6.45, 7) is 5.75. The Labute approximate surface area is 148 Å². The van der Waals surface area contributed by atoms with E-state index in [0.29, 0.717) is 16.2 Å². The summed E-state index contributed by atoms with van der Waals surface area (Å²) in [4.78, 5) is 18.0. The predicted molar refractivity (Wildman–Crippen MR) is 95.6 cm³/mol. The van der Waals surface area contributed by atoms with Crippen LogP contribution in [0, 0.1) is 0 Å². The van der Waals surface area contributed by atoms with Crippen molar-refractivity contribution in [3.63, 3.8) is 0 Å². The number of aromatic nitrogens is 2. The van der Waals surface area contributed by atoms with Gasteiger partial charge in [-0.2, -0.15) is 0 Å². The van der Waals surface area contributed by atoms with Crippen molar-refractivity contribution < 1.29 is 15.0 Å². The van der Waals surface area contributed by atoms with Crippen LogP contribution in [0.2, 0.25) is 0 Å². The minimum absolute atomic E-state index is 0.127. The number of halogens is 2. The predicted octanol–water partition coefficient (Wildman–Crippen LogP) is 4.55. The van der Waals surface area contributed by atoms with E-state index in [2.05, 4.69) is 21.9 Å². The molecule has 0 fully saturated rings. The molecule has 0 bridgehead atoms. The van der Waals surface area contributed by atoms with E-state index >= 15 is 0 Å². The number of benzene rings is 1. The summed E-state index contributed by atoms with van der Waals surface area (Å²) in [5.74, 6) is -1.41. The van der Waals surface area contributed by atoms with E-state index in [1.165, 1.54) is 12.1 Å². The monoisotopic (exact) mass is 367 g/mol. The van der Waals surface area contributed by atoms with Crippen LogP contribution in [0.4, 0.5) is 5.95 Å².